The van der Waals surface area contributed by atoms with Crippen molar-refractivity contribution in [2.45, 2.75) is 33.1 Å². The molecule has 0 fully saturated rings. The predicted octanol–water partition coefficient (Wildman–Crippen LogP) is 3.10. The molecular weight excluding hydrogens is 242 g/mol. The first-order chi connectivity index (χ1) is 9.06. The lowest BCUT2D eigenvalue weighted by Gasteiger charge is -2.19. The Bertz CT molecular complexity index is 446. The summed E-state index contributed by atoms with van der Waals surface area (Å²) in [5.74, 6) is 0. The van der Waals surface area contributed by atoms with Crippen LogP contribution in [0.2, 0.25) is 0 Å². The number of rotatable bonds is 5. The number of unbranched alkanes of at least 4 members (excludes halogenated alkanes) is 2. The SMILES string of the molecule is CCCCCN(C(N)=O)C(=O)Nc1ccccc1C. The van der Waals surface area contributed by atoms with E-state index in [9.17, 15) is 9.59 Å². The largest absolute Gasteiger partial charge is 0.351 e. The highest BCUT2D eigenvalue weighted by molar-refractivity contribution is 6.00. The van der Waals surface area contributed by atoms with Crippen molar-refractivity contribution in [1.29, 1.82) is 0 Å². The molecule has 0 heterocycles. The minimum absolute atomic E-state index is 0.348. The van der Waals surface area contributed by atoms with Gasteiger partial charge in [0.05, 0.1) is 0 Å². The zero-order chi connectivity index (χ0) is 14.3. The number of hydrogen-bond acceptors (Lipinski definition) is 2. The van der Waals surface area contributed by atoms with Gasteiger partial charge in [0, 0.05) is 12.2 Å². The number of anilines is 1. The van der Waals surface area contributed by atoms with E-state index in [0.717, 1.165) is 29.7 Å². The topological polar surface area (TPSA) is 75.4 Å². The van der Waals surface area contributed by atoms with Crippen molar-refractivity contribution in [3.63, 3.8) is 0 Å². The fourth-order valence-electron chi connectivity index (χ4n) is 1.73. The van der Waals surface area contributed by atoms with Gasteiger partial charge in [-0.15, -0.1) is 0 Å². The lowest BCUT2D eigenvalue weighted by Crippen LogP contribution is -2.43. The number of hydrogen-bond donors (Lipinski definition) is 2. The molecule has 1 rings (SSSR count). The molecule has 3 N–H and O–H groups in total. The van der Waals surface area contributed by atoms with E-state index in [-0.39, 0.29) is 0 Å². The van der Waals surface area contributed by atoms with Gasteiger partial charge in [0.1, 0.15) is 0 Å². The second-order valence-corrected chi connectivity index (χ2v) is 4.44. The van der Waals surface area contributed by atoms with Crippen LogP contribution in [0.1, 0.15) is 31.7 Å². The summed E-state index contributed by atoms with van der Waals surface area (Å²) >= 11 is 0. The molecule has 5 nitrogen and oxygen atoms in total. The number of para-hydroxylation sites is 1. The van der Waals surface area contributed by atoms with E-state index in [4.69, 9.17) is 5.73 Å². The molecule has 0 aromatic heterocycles. The van der Waals surface area contributed by atoms with E-state index in [2.05, 4.69) is 12.2 Å². The molecule has 1 aromatic carbocycles. The second-order valence-electron chi connectivity index (χ2n) is 4.44. The fraction of sp³-hybridized carbons (Fsp3) is 0.429. The number of urea groups is 2. The van der Waals surface area contributed by atoms with Crippen LogP contribution >= 0.6 is 0 Å². The number of nitrogens with two attached hydrogens (primary N) is 1. The van der Waals surface area contributed by atoms with Gasteiger partial charge < -0.3 is 11.1 Å². The third-order valence-electron chi connectivity index (χ3n) is 2.88. The summed E-state index contributed by atoms with van der Waals surface area (Å²) in [6.45, 7) is 4.30. The maximum absolute atomic E-state index is 12.0. The summed E-state index contributed by atoms with van der Waals surface area (Å²) in [5.41, 5.74) is 6.87. The fourth-order valence-corrected chi connectivity index (χ4v) is 1.73. The number of aryl methyl sites for hydroxylation is 1. The first-order valence-corrected chi connectivity index (χ1v) is 6.49. The van der Waals surface area contributed by atoms with Gasteiger partial charge in [0.15, 0.2) is 0 Å². The molecule has 0 saturated heterocycles. The Morgan fingerprint density at radius 3 is 2.53 bits per heavy atom. The number of carbonyl (C=O) groups is 2. The molecule has 5 heteroatoms. The maximum atomic E-state index is 12.0. The second kappa shape index (κ2) is 7.41. The third-order valence-corrected chi connectivity index (χ3v) is 2.88. The Labute approximate surface area is 113 Å². The van der Waals surface area contributed by atoms with Crippen LogP contribution in [0.3, 0.4) is 0 Å². The maximum Gasteiger partial charge on any atom is 0.329 e. The highest BCUT2D eigenvalue weighted by Gasteiger charge is 2.18. The Kier molecular flexibility index (Phi) is 5.85. The molecule has 0 aliphatic heterocycles. The third kappa shape index (κ3) is 4.62. The van der Waals surface area contributed by atoms with Gasteiger partial charge in [-0.1, -0.05) is 38.0 Å². The molecule has 1 aromatic rings. The molecule has 0 atom stereocenters. The zero-order valence-electron chi connectivity index (χ0n) is 11.5. The lowest BCUT2D eigenvalue weighted by molar-refractivity contribution is 0.199. The van der Waals surface area contributed by atoms with Crippen molar-refractivity contribution in [3.8, 4) is 0 Å². The average Bonchev–Trinajstić information content (AvgIpc) is 2.37. The van der Waals surface area contributed by atoms with E-state index in [0.29, 0.717) is 12.2 Å². The van der Waals surface area contributed by atoms with Crippen LogP contribution < -0.4 is 11.1 Å². The van der Waals surface area contributed by atoms with Gasteiger partial charge in [0.25, 0.3) is 0 Å². The molecule has 104 valence electrons. The molecule has 0 aliphatic carbocycles. The molecule has 0 aliphatic rings. The highest BCUT2D eigenvalue weighted by atomic mass is 16.2. The van der Waals surface area contributed by atoms with Crippen molar-refractivity contribution in [2.24, 2.45) is 5.73 Å². The van der Waals surface area contributed by atoms with Crippen LogP contribution in [-0.2, 0) is 0 Å². The minimum atomic E-state index is -0.720. The summed E-state index contributed by atoms with van der Waals surface area (Å²) in [5, 5.41) is 2.70. The van der Waals surface area contributed by atoms with Crippen molar-refractivity contribution >= 4 is 17.7 Å². The van der Waals surface area contributed by atoms with Gasteiger partial charge >= 0.3 is 12.1 Å². The number of amides is 4. The van der Waals surface area contributed by atoms with Gasteiger partial charge in [-0.2, -0.15) is 0 Å². The Morgan fingerprint density at radius 1 is 1.26 bits per heavy atom. The number of benzene rings is 1. The molecular formula is C14H21N3O2. The van der Waals surface area contributed by atoms with Crippen LogP contribution in [0, 0.1) is 6.92 Å². The summed E-state index contributed by atoms with van der Waals surface area (Å²) in [4.78, 5) is 24.4. The standard InChI is InChI=1S/C14H21N3O2/c1-3-4-7-10-17(13(15)18)14(19)16-12-9-6-5-8-11(12)2/h5-6,8-9H,3-4,7,10H2,1-2H3,(H2,15,18)(H,16,19). The molecule has 19 heavy (non-hydrogen) atoms. The van der Waals surface area contributed by atoms with Crippen molar-refractivity contribution < 1.29 is 9.59 Å². The molecule has 0 spiro atoms. The molecule has 0 saturated carbocycles. The number of carbonyl (C=O) groups excluding carboxylic acids is 2. The van der Waals surface area contributed by atoms with Crippen LogP contribution in [0.4, 0.5) is 15.3 Å². The number of imide groups is 1. The quantitative estimate of drug-likeness (QED) is 0.801. The smallest absolute Gasteiger partial charge is 0.329 e. The number of nitrogens with zero attached hydrogens (tertiary/aromatic N) is 1. The Morgan fingerprint density at radius 2 is 1.95 bits per heavy atom. The van der Waals surface area contributed by atoms with Crippen molar-refractivity contribution in [2.75, 3.05) is 11.9 Å². The van der Waals surface area contributed by atoms with Gasteiger partial charge in [0.2, 0.25) is 0 Å². The van der Waals surface area contributed by atoms with E-state index in [1.807, 2.05) is 25.1 Å². The zero-order valence-corrected chi connectivity index (χ0v) is 11.5. The summed E-state index contributed by atoms with van der Waals surface area (Å²) in [7, 11) is 0. The monoisotopic (exact) mass is 263 g/mol. The van der Waals surface area contributed by atoms with Crippen LogP contribution in [0.5, 0.6) is 0 Å². The van der Waals surface area contributed by atoms with Gasteiger partial charge in [-0.05, 0) is 25.0 Å². The lowest BCUT2D eigenvalue weighted by atomic mass is 10.2. The molecule has 0 radical (unpaired) electrons. The van der Waals surface area contributed by atoms with Gasteiger partial charge in [-0.3, -0.25) is 0 Å². The molecule has 4 amide bonds. The molecule has 0 unspecified atom stereocenters. The van der Waals surface area contributed by atoms with E-state index < -0.39 is 12.1 Å². The summed E-state index contributed by atoms with van der Waals surface area (Å²) in [6.07, 6.45) is 2.74. The summed E-state index contributed by atoms with van der Waals surface area (Å²) < 4.78 is 0. The molecule has 0 bridgehead atoms. The van der Waals surface area contributed by atoms with Crippen molar-refractivity contribution in [3.05, 3.63) is 29.8 Å². The van der Waals surface area contributed by atoms with Crippen molar-refractivity contribution in [1.82, 2.24) is 4.90 Å². The number of primary amides is 1. The Balaban J connectivity index is 2.67. The van der Waals surface area contributed by atoms with E-state index >= 15 is 0 Å². The minimum Gasteiger partial charge on any atom is -0.351 e. The first-order valence-electron chi connectivity index (χ1n) is 6.49. The average molecular weight is 263 g/mol. The van der Waals surface area contributed by atoms with Gasteiger partial charge in [-0.25, -0.2) is 14.5 Å². The highest BCUT2D eigenvalue weighted by Crippen LogP contribution is 2.14. The van der Waals surface area contributed by atoms with Crippen LogP contribution in [0.25, 0.3) is 0 Å². The summed E-state index contributed by atoms with van der Waals surface area (Å²) in [6, 6.07) is 6.20. The number of nitrogens with one attached hydrogen (secondary N) is 1. The van der Waals surface area contributed by atoms with Crippen LogP contribution in [-0.4, -0.2) is 23.5 Å². The van der Waals surface area contributed by atoms with E-state index in [1.165, 1.54) is 0 Å². The van der Waals surface area contributed by atoms with Crippen LogP contribution in [0.15, 0.2) is 24.3 Å². The first kappa shape index (κ1) is 15.0. The van der Waals surface area contributed by atoms with E-state index in [1.54, 1.807) is 6.07 Å². The Hall–Kier alpha value is -2.04. The normalized spacial score (nSPS) is 10.0. The predicted molar refractivity (Wildman–Crippen MR) is 76.0 cm³/mol.